The van der Waals surface area contributed by atoms with Gasteiger partial charge in [-0.05, 0) is 12.1 Å². The Morgan fingerprint density at radius 2 is 1.78 bits per heavy atom. The van der Waals surface area contributed by atoms with Gasteiger partial charge in [-0.15, -0.1) is 6.17 Å². The topological polar surface area (TPSA) is 0 Å². The summed E-state index contributed by atoms with van der Waals surface area (Å²) in [6.45, 7) is 2.09. The molecule has 0 amide bonds. The van der Waals surface area contributed by atoms with Gasteiger partial charge in [0.2, 0.25) is 0 Å². The molecule has 0 aliphatic heterocycles. The molecule has 0 unspecified atom stereocenters. The third-order valence-corrected chi connectivity index (χ3v) is 2.00. The number of benzene rings is 1. The van der Waals surface area contributed by atoms with Gasteiger partial charge in [0.15, 0.2) is 0 Å². The van der Waals surface area contributed by atoms with E-state index < -0.39 is 0 Å². The maximum atomic E-state index is 3.81. The lowest BCUT2D eigenvalue weighted by Gasteiger charge is -1.91. The molecule has 0 heterocycles. The normalized spacial score (nSPS) is 9.00. The molecule has 0 saturated carbocycles. The maximum absolute atomic E-state index is 3.81. The van der Waals surface area contributed by atoms with E-state index in [9.17, 15) is 0 Å². The van der Waals surface area contributed by atoms with E-state index in [0.29, 0.717) is 9.13 Å². The summed E-state index contributed by atoms with van der Waals surface area (Å²) in [6, 6.07) is 8.49. The molecule has 1 radical (unpaired) electrons. The van der Waals surface area contributed by atoms with Gasteiger partial charge in [0.25, 0.3) is 0 Å². The Morgan fingerprint density at radius 3 is 2.22 bits per heavy atom. The number of rotatable bonds is 1. The van der Waals surface area contributed by atoms with E-state index in [1.165, 1.54) is 10.8 Å². The highest BCUT2D eigenvalue weighted by atomic mass is 28.2. The fourth-order valence-electron chi connectivity index (χ4n) is 0.671. The Balaban J connectivity index is 3.01. The van der Waals surface area contributed by atoms with E-state index in [1.807, 2.05) is 0 Å². The molecule has 9 heavy (non-hydrogen) atoms. The molecular formula is C8H9Si. The lowest BCUT2D eigenvalue weighted by Crippen LogP contribution is -2.04. The second kappa shape index (κ2) is 2.74. The summed E-state index contributed by atoms with van der Waals surface area (Å²) in [6.07, 6.45) is 3.81. The summed E-state index contributed by atoms with van der Waals surface area (Å²) in [5.41, 5.74) is 1.32. The van der Waals surface area contributed by atoms with Crippen LogP contribution in [0.4, 0.5) is 0 Å². The van der Waals surface area contributed by atoms with E-state index in [2.05, 4.69) is 37.4 Å². The van der Waals surface area contributed by atoms with Crippen molar-refractivity contribution in [2.24, 2.45) is 0 Å². The Kier molecular flexibility index (Phi) is 1.95. The van der Waals surface area contributed by atoms with E-state index in [-0.39, 0.29) is 0 Å². The second-order valence-electron chi connectivity index (χ2n) is 2.04. The standard InChI is InChI=1S/C8H9Si/c1-7-3-5-8(9-2)6-4-7/h3-6H,2H2,1H3. The minimum absolute atomic E-state index is 0.676. The van der Waals surface area contributed by atoms with E-state index >= 15 is 0 Å². The first kappa shape index (κ1) is 6.43. The van der Waals surface area contributed by atoms with Crippen LogP contribution in [0, 0.1) is 6.92 Å². The maximum Gasteiger partial charge on any atom is 0.0518 e. The molecule has 0 aliphatic rings. The fraction of sp³-hybridized carbons (Fsp3) is 0.125. The third-order valence-electron chi connectivity index (χ3n) is 1.26. The molecule has 0 bridgehead atoms. The van der Waals surface area contributed by atoms with Gasteiger partial charge in [-0.1, -0.05) is 29.8 Å². The van der Waals surface area contributed by atoms with Crippen LogP contribution in [0.1, 0.15) is 5.56 Å². The van der Waals surface area contributed by atoms with Gasteiger partial charge < -0.3 is 0 Å². The number of hydrogen-bond acceptors (Lipinski definition) is 0. The first-order valence-electron chi connectivity index (χ1n) is 2.92. The minimum atomic E-state index is 0.676. The summed E-state index contributed by atoms with van der Waals surface area (Å²) in [5.74, 6) is 0. The predicted molar refractivity (Wildman–Crippen MR) is 43.7 cm³/mol. The van der Waals surface area contributed by atoms with Crippen molar-refractivity contribution in [3.8, 4) is 0 Å². The molecule has 1 rings (SSSR count). The van der Waals surface area contributed by atoms with Gasteiger partial charge >= 0.3 is 0 Å². The molecule has 0 N–H and O–H groups in total. The van der Waals surface area contributed by atoms with Crippen LogP contribution < -0.4 is 5.19 Å². The monoisotopic (exact) mass is 133 g/mol. The molecule has 45 valence electrons. The molecule has 0 atom stereocenters. The first-order valence-corrected chi connectivity index (χ1v) is 4.13. The molecule has 1 aromatic carbocycles. The average Bonchev–Trinajstić information content (AvgIpc) is 1.90. The summed E-state index contributed by atoms with van der Waals surface area (Å²) in [7, 11) is 0.676. The van der Waals surface area contributed by atoms with Gasteiger partial charge in [0.05, 0.1) is 9.13 Å². The van der Waals surface area contributed by atoms with Crippen molar-refractivity contribution in [3.05, 3.63) is 29.8 Å². The smallest absolute Gasteiger partial charge is 0.0518 e. The lowest BCUT2D eigenvalue weighted by atomic mass is 10.2. The van der Waals surface area contributed by atoms with Gasteiger partial charge in [-0.3, -0.25) is 0 Å². The lowest BCUT2D eigenvalue weighted by molar-refractivity contribution is 1.49. The molecule has 0 spiro atoms. The first-order chi connectivity index (χ1) is 4.33. The van der Waals surface area contributed by atoms with Crippen LogP contribution in [-0.4, -0.2) is 15.3 Å². The van der Waals surface area contributed by atoms with Crippen molar-refractivity contribution in [1.29, 1.82) is 0 Å². The quantitative estimate of drug-likeness (QED) is 0.496. The zero-order valence-corrected chi connectivity index (χ0v) is 6.52. The summed E-state index contributed by atoms with van der Waals surface area (Å²) < 4.78 is 0. The third kappa shape index (κ3) is 1.61. The van der Waals surface area contributed by atoms with E-state index in [4.69, 9.17) is 0 Å². The minimum Gasteiger partial charge on any atom is -0.113 e. The van der Waals surface area contributed by atoms with E-state index in [0.717, 1.165) is 0 Å². The van der Waals surface area contributed by atoms with Crippen molar-refractivity contribution >= 4 is 20.5 Å². The largest absolute Gasteiger partial charge is 0.113 e. The molecule has 1 heteroatoms. The van der Waals surface area contributed by atoms with Crippen molar-refractivity contribution in [2.75, 3.05) is 0 Å². The SMILES string of the molecule is C=[Si]c1ccc(C)cc1. The molecule has 1 aromatic rings. The van der Waals surface area contributed by atoms with Crippen molar-refractivity contribution in [3.63, 3.8) is 0 Å². The van der Waals surface area contributed by atoms with Crippen molar-refractivity contribution < 1.29 is 0 Å². The van der Waals surface area contributed by atoms with Gasteiger partial charge in [-0.2, -0.15) is 0 Å². The van der Waals surface area contributed by atoms with E-state index in [1.54, 1.807) is 0 Å². The summed E-state index contributed by atoms with van der Waals surface area (Å²) in [4.78, 5) is 0. The fourth-order valence-corrected chi connectivity index (χ4v) is 1.07. The molecular weight excluding hydrogens is 124 g/mol. The van der Waals surface area contributed by atoms with Crippen LogP contribution >= 0.6 is 0 Å². The van der Waals surface area contributed by atoms with Crippen LogP contribution in [0.25, 0.3) is 0 Å². The Morgan fingerprint density at radius 1 is 1.22 bits per heavy atom. The molecule has 0 fully saturated rings. The van der Waals surface area contributed by atoms with Crippen molar-refractivity contribution in [1.82, 2.24) is 0 Å². The van der Waals surface area contributed by atoms with Crippen LogP contribution in [0.3, 0.4) is 0 Å². The zero-order chi connectivity index (χ0) is 6.69. The highest BCUT2D eigenvalue weighted by molar-refractivity contribution is 6.56. The summed E-state index contributed by atoms with van der Waals surface area (Å²) in [5, 5.41) is 1.33. The number of hydrogen-bond donors (Lipinski definition) is 0. The zero-order valence-electron chi connectivity index (χ0n) is 5.52. The average molecular weight is 133 g/mol. The van der Waals surface area contributed by atoms with Gasteiger partial charge in [-0.25, -0.2) is 0 Å². The predicted octanol–water partition coefficient (Wildman–Crippen LogP) is 0.757. The molecule has 0 aliphatic carbocycles. The van der Waals surface area contributed by atoms with Crippen LogP contribution in [0.2, 0.25) is 0 Å². The van der Waals surface area contributed by atoms with Crippen LogP contribution in [0.15, 0.2) is 24.3 Å². The highest BCUT2D eigenvalue weighted by Crippen LogP contribution is 1.90. The Labute approximate surface area is 58.0 Å². The van der Waals surface area contributed by atoms with Gasteiger partial charge in [0.1, 0.15) is 0 Å². The highest BCUT2D eigenvalue weighted by Gasteiger charge is 1.82. The van der Waals surface area contributed by atoms with Crippen molar-refractivity contribution in [2.45, 2.75) is 6.92 Å². The molecule has 0 aromatic heterocycles. The van der Waals surface area contributed by atoms with Gasteiger partial charge in [0, 0.05) is 0 Å². The Hall–Kier alpha value is -0.693. The second-order valence-corrected chi connectivity index (χ2v) is 2.97. The molecule has 0 saturated heterocycles. The summed E-state index contributed by atoms with van der Waals surface area (Å²) >= 11 is 0. The number of aryl methyl sites for hydroxylation is 1. The van der Waals surface area contributed by atoms with Crippen LogP contribution in [-0.2, 0) is 0 Å². The Bertz CT molecular complexity index is 198. The molecule has 0 nitrogen and oxygen atoms in total. The van der Waals surface area contributed by atoms with Crippen LogP contribution in [0.5, 0.6) is 0 Å².